The Balaban J connectivity index is 2.33. The predicted molar refractivity (Wildman–Crippen MR) is 75.2 cm³/mol. The molecule has 5 nitrogen and oxygen atoms in total. The van der Waals surface area contributed by atoms with E-state index < -0.39 is 0 Å². The van der Waals surface area contributed by atoms with Crippen molar-refractivity contribution in [1.29, 1.82) is 0 Å². The van der Waals surface area contributed by atoms with E-state index in [9.17, 15) is 5.11 Å². The lowest BCUT2D eigenvalue weighted by Gasteiger charge is -2.10. The van der Waals surface area contributed by atoms with Gasteiger partial charge in [0.1, 0.15) is 0 Å². The zero-order valence-electron chi connectivity index (χ0n) is 10.8. The van der Waals surface area contributed by atoms with Crippen molar-refractivity contribution in [2.24, 2.45) is 0 Å². The van der Waals surface area contributed by atoms with Crippen molar-refractivity contribution >= 4 is 22.5 Å². The van der Waals surface area contributed by atoms with E-state index >= 15 is 0 Å². The van der Waals surface area contributed by atoms with Crippen LogP contribution in [0, 0.1) is 0 Å². The van der Waals surface area contributed by atoms with Gasteiger partial charge >= 0.3 is 0 Å². The quantitative estimate of drug-likeness (QED) is 0.751. The fourth-order valence-corrected chi connectivity index (χ4v) is 2.21. The maximum Gasteiger partial charge on any atom is 0.180 e. The van der Waals surface area contributed by atoms with E-state index in [1.807, 2.05) is 28.7 Å². The van der Waals surface area contributed by atoms with Crippen LogP contribution in [0.3, 0.4) is 0 Å². The molecule has 0 spiro atoms. The van der Waals surface area contributed by atoms with Gasteiger partial charge in [-0.25, -0.2) is 9.97 Å². The molecule has 2 aromatic heterocycles. The van der Waals surface area contributed by atoms with Gasteiger partial charge in [-0.15, -0.1) is 0 Å². The van der Waals surface area contributed by atoms with Crippen LogP contribution in [0.25, 0.3) is 16.7 Å². The lowest BCUT2D eigenvalue weighted by Crippen LogP contribution is -2.06. The fourth-order valence-electron chi connectivity index (χ4n) is 2.21. The molecule has 19 heavy (non-hydrogen) atoms. The van der Waals surface area contributed by atoms with Gasteiger partial charge in [0.2, 0.25) is 0 Å². The standard InChI is InChI=1S/C14H16N4O/c1-2-7-15-13-14-16-8-10(9-19)18(14)12-6-4-3-5-11(12)17-13/h3-6,8,19H,2,7,9H2,1H3,(H,15,17). The summed E-state index contributed by atoms with van der Waals surface area (Å²) in [4.78, 5) is 8.98. The molecule has 2 N–H and O–H groups in total. The molecule has 3 aromatic rings. The third-order valence-electron chi connectivity index (χ3n) is 3.11. The zero-order chi connectivity index (χ0) is 13.2. The molecule has 0 bridgehead atoms. The van der Waals surface area contributed by atoms with E-state index in [1.54, 1.807) is 6.20 Å². The molecule has 0 amide bonds. The molecule has 0 saturated carbocycles. The number of aliphatic hydroxyl groups is 1. The molecule has 0 unspecified atom stereocenters. The minimum absolute atomic E-state index is 0.0393. The maximum atomic E-state index is 9.45. The van der Waals surface area contributed by atoms with Crippen LogP contribution in [0.5, 0.6) is 0 Å². The molecule has 2 heterocycles. The van der Waals surface area contributed by atoms with Gasteiger partial charge in [0, 0.05) is 6.54 Å². The molecule has 0 aliphatic rings. The third-order valence-corrected chi connectivity index (χ3v) is 3.11. The number of nitrogens with one attached hydrogen (secondary N) is 1. The van der Waals surface area contributed by atoms with E-state index in [2.05, 4.69) is 22.2 Å². The van der Waals surface area contributed by atoms with Crippen LogP contribution in [-0.4, -0.2) is 26.0 Å². The normalized spacial score (nSPS) is 11.3. The molecule has 0 radical (unpaired) electrons. The zero-order valence-corrected chi connectivity index (χ0v) is 10.8. The Morgan fingerprint density at radius 1 is 1.32 bits per heavy atom. The summed E-state index contributed by atoms with van der Waals surface area (Å²) in [5.41, 5.74) is 3.38. The highest BCUT2D eigenvalue weighted by Gasteiger charge is 2.12. The number of anilines is 1. The molecular formula is C14H16N4O. The van der Waals surface area contributed by atoms with E-state index in [0.717, 1.165) is 41.2 Å². The van der Waals surface area contributed by atoms with E-state index in [0.29, 0.717) is 0 Å². The summed E-state index contributed by atoms with van der Waals surface area (Å²) < 4.78 is 1.96. The highest BCUT2D eigenvalue weighted by molar-refractivity contribution is 5.83. The Morgan fingerprint density at radius 3 is 2.95 bits per heavy atom. The predicted octanol–water partition coefficient (Wildman–Crippen LogP) is 2.20. The smallest absolute Gasteiger partial charge is 0.180 e. The van der Waals surface area contributed by atoms with Crippen LogP contribution >= 0.6 is 0 Å². The van der Waals surface area contributed by atoms with Gasteiger partial charge < -0.3 is 10.4 Å². The van der Waals surface area contributed by atoms with Crippen LogP contribution in [0.15, 0.2) is 30.5 Å². The van der Waals surface area contributed by atoms with Crippen LogP contribution < -0.4 is 5.32 Å². The SMILES string of the molecule is CCCNc1nc2ccccc2n2c(CO)cnc12. The first-order valence-corrected chi connectivity index (χ1v) is 6.45. The number of fused-ring (bicyclic) bond motifs is 3. The largest absolute Gasteiger partial charge is 0.390 e. The number of para-hydroxylation sites is 2. The summed E-state index contributed by atoms with van der Waals surface area (Å²) in [6, 6.07) is 7.87. The summed E-state index contributed by atoms with van der Waals surface area (Å²) >= 11 is 0. The highest BCUT2D eigenvalue weighted by atomic mass is 16.3. The monoisotopic (exact) mass is 256 g/mol. The second-order valence-electron chi connectivity index (χ2n) is 4.44. The van der Waals surface area contributed by atoms with E-state index in [-0.39, 0.29) is 6.61 Å². The first-order valence-electron chi connectivity index (χ1n) is 6.45. The maximum absolute atomic E-state index is 9.45. The second kappa shape index (κ2) is 4.85. The Labute approximate surface area is 110 Å². The summed E-state index contributed by atoms with van der Waals surface area (Å²) in [6.07, 6.45) is 2.72. The number of nitrogens with zero attached hydrogens (tertiary/aromatic N) is 3. The van der Waals surface area contributed by atoms with Crippen LogP contribution in [0.1, 0.15) is 19.0 Å². The van der Waals surface area contributed by atoms with Crippen molar-refractivity contribution in [3.05, 3.63) is 36.2 Å². The molecule has 0 aliphatic heterocycles. The van der Waals surface area contributed by atoms with Crippen LogP contribution in [0.4, 0.5) is 5.82 Å². The number of hydrogen-bond donors (Lipinski definition) is 2. The molecule has 1 aromatic carbocycles. The first kappa shape index (κ1) is 11.9. The van der Waals surface area contributed by atoms with Crippen LogP contribution in [0.2, 0.25) is 0 Å². The number of aromatic nitrogens is 3. The van der Waals surface area contributed by atoms with Crippen molar-refractivity contribution in [2.45, 2.75) is 20.0 Å². The van der Waals surface area contributed by atoms with Gasteiger partial charge in [0.25, 0.3) is 0 Å². The fraction of sp³-hybridized carbons (Fsp3) is 0.286. The molecule has 0 atom stereocenters. The van der Waals surface area contributed by atoms with Gasteiger partial charge in [-0.05, 0) is 18.6 Å². The van der Waals surface area contributed by atoms with Gasteiger partial charge in [-0.3, -0.25) is 4.40 Å². The Morgan fingerprint density at radius 2 is 2.16 bits per heavy atom. The topological polar surface area (TPSA) is 62.5 Å². The molecule has 3 rings (SSSR count). The summed E-state index contributed by atoms with van der Waals surface area (Å²) in [6.45, 7) is 2.92. The highest BCUT2D eigenvalue weighted by Crippen LogP contribution is 2.22. The van der Waals surface area contributed by atoms with Crippen molar-refractivity contribution in [3.8, 4) is 0 Å². The van der Waals surface area contributed by atoms with Crippen LogP contribution in [-0.2, 0) is 6.61 Å². The number of rotatable bonds is 4. The van der Waals surface area contributed by atoms with Crippen molar-refractivity contribution in [1.82, 2.24) is 14.4 Å². The second-order valence-corrected chi connectivity index (χ2v) is 4.44. The Kier molecular flexibility index (Phi) is 3.05. The Bertz CT molecular complexity index is 720. The molecule has 0 fully saturated rings. The summed E-state index contributed by atoms with van der Waals surface area (Å²) in [5.74, 6) is 0.764. The van der Waals surface area contributed by atoms with E-state index in [4.69, 9.17) is 0 Å². The van der Waals surface area contributed by atoms with Crippen molar-refractivity contribution in [3.63, 3.8) is 0 Å². The van der Waals surface area contributed by atoms with Gasteiger partial charge in [0.05, 0.1) is 29.5 Å². The summed E-state index contributed by atoms with van der Waals surface area (Å²) in [7, 11) is 0. The number of imidazole rings is 1. The first-order chi connectivity index (χ1) is 9.35. The lowest BCUT2D eigenvalue weighted by atomic mass is 10.3. The van der Waals surface area contributed by atoms with Gasteiger partial charge in [-0.1, -0.05) is 19.1 Å². The van der Waals surface area contributed by atoms with Crippen molar-refractivity contribution < 1.29 is 5.11 Å². The lowest BCUT2D eigenvalue weighted by molar-refractivity contribution is 0.276. The number of aliphatic hydroxyl groups excluding tert-OH is 1. The molecule has 5 heteroatoms. The molecule has 98 valence electrons. The molecule has 0 saturated heterocycles. The average Bonchev–Trinajstić information content (AvgIpc) is 2.89. The average molecular weight is 256 g/mol. The Hall–Kier alpha value is -2.14. The van der Waals surface area contributed by atoms with E-state index in [1.165, 1.54) is 0 Å². The minimum atomic E-state index is -0.0393. The number of benzene rings is 1. The third kappa shape index (κ3) is 1.92. The van der Waals surface area contributed by atoms with Gasteiger partial charge in [0.15, 0.2) is 11.5 Å². The minimum Gasteiger partial charge on any atom is -0.390 e. The van der Waals surface area contributed by atoms with Gasteiger partial charge in [-0.2, -0.15) is 0 Å². The number of hydrogen-bond acceptors (Lipinski definition) is 4. The molecular weight excluding hydrogens is 240 g/mol. The summed E-state index contributed by atoms with van der Waals surface area (Å²) in [5, 5.41) is 12.7. The van der Waals surface area contributed by atoms with Crippen molar-refractivity contribution in [2.75, 3.05) is 11.9 Å². The molecule has 0 aliphatic carbocycles.